The third-order valence-electron chi connectivity index (χ3n) is 6.97. The molecule has 2 aromatic carbocycles. The molecule has 1 aliphatic heterocycles. The lowest BCUT2D eigenvalue weighted by Crippen LogP contribution is -2.51. The maximum absolute atomic E-state index is 14.3. The summed E-state index contributed by atoms with van der Waals surface area (Å²) >= 11 is 6.04. The molecule has 1 aromatic heterocycles. The largest absolute Gasteiger partial charge is 0.481 e. The highest BCUT2D eigenvalue weighted by Crippen LogP contribution is 2.27. The maximum atomic E-state index is 14.3. The van der Waals surface area contributed by atoms with E-state index in [1.54, 1.807) is 25.3 Å². The van der Waals surface area contributed by atoms with Gasteiger partial charge in [0, 0.05) is 36.3 Å². The molecular formula is C27H31ClFN5O4. The van der Waals surface area contributed by atoms with E-state index in [2.05, 4.69) is 25.6 Å². The minimum atomic E-state index is -0.902. The van der Waals surface area contributed by atoms with Crippen LogP contribution in [-0.2, 0) is 16.0 Å². The minimum Gasteiger partial charge on any atom is -0.481 e. The Hall–Kier alpha value is -3.34. The van der Waals surface area contributed by atoms with Gasteiger partial charge < -0.3 is 15.2 Å². The van der Waals surface area contributed by atoms with Crippen molar-refractivity contribution in [2.75, 3.05) is 26.8 Å². The number of hydrogen-bond acceptors (Lipinski definition) is 6. The highest BCUT2D eigenvalue weighted by Gasteiger charge is 2.30. The number of ether oxygens (including phenoxy) is 1. The number of carbonyl (C=O) groups is 2. The van der Waals surface area contributed by atoms with Crippen LogP contribution >= 0.6 is 11.6 Å². The minimum absolute atomic E-state index is 0.122. The zero-order valence-electron chi connectivity index (χ0n) is 21.1. The van der Waals surface area contributed by atoms with Gasteiger partial charge in [-0.3, -0.25) is 14.5 Å². The molecule has 0 saturated carbocycles. The van der Waals surface area contributed by atoms with Gasteiger partial charge in [0.15, 0.2) is 5.69 Å². The van der Waals surface area contributed by atoms with Crippen molar-refractivity contribution in [1.82, 2.24) is 25.6 Å². The van der Waals surface area contributed by atoms with Crippen LogP contribution < -0.4 is 5.32 Å². The van der Waals surface area contributed by atoms with Crippen molar-refractivity contribution in [3.05, 3.63) is 70.8 Å². The molecule has 3 N–H and O–H groups in total. The summed E-state index contributed by atoms with van der Waals surface area (Å²) in [4.78, 5) is 27.1. The van der Waals surface area contributed by atoms with Gasteiger partial charge in [0.2, 0.25) is 0 Å². The van der Waals surface area contributed by atoms with Gasteiger partial charge in [0.25, 0.3) is 5.91 Å². The number of rotatable bonds is 13. The fourth-order valence-electron chi connectivity index (χ4n) is 4.76. The number of carboxylic acids is 1. The van der Waals surface area contributed by atoms with Gasteiger partial charge in [-0.15, -0.1) is 0 Å². The first kappa shape index (κ1) is 27.7. The van der Waals surface area contributed by atoms with Gasteiger partial charge in [-0.1, -0.05) is 35.9 Å². The Labute approximate surface area is 225 Å². The van der Waals surface area contributed by atoms with E-state index in [1.807, 2.05) is 12.1 Å². The molecule has 0 unspecified atom stereocenters. The average Bonchev–Trinajstić information content (AvgIpc) is 3.43. The van der Waals surface area contributed by atoms with Crippen LogP contribution in [0.4, 0.5) is 4.39 Å². The van der Waals surface area contributed by atoms with E-state index in [-0.39, 0.29) is 17.9 Å². The summed E-state index contributed by atoms with van der Waals surface area (Å²) in [5.41, 5.74) is 2.05. The Morgan fingerprint density at radius 1 is 1.29 bits per heavy atom. The van der Waals surface area contributed by atoms with Crippen molar-refractivity contribution >= 4 is 23.5 Å². The van der Waals surface area contributed by atoms with Gasteiger partial charge in [-0.05, 0) is 61.6 Å². The number of aliphatic carboxylic acids is 1. The fraction of sp³-hybridized carbons (Fsp3) is 0.407. The molecule has 2 heterocycles. The molecule has 11 heteroatoms. The number of aromatic amines is 1. The Morgan fingerprint density at radius 2 is 2.08 bits per heavy atom. The highest BCUT2D eigenvalue weighted by molar-refractivity contribution is 6.30. The molecule has 1 aliphatic rings. The number of amides is 1. The number of carbonyl (C=O) groups excluding carboxylic acids is 1. The molecule has 202 valence electrons. The van der Waals surface area contributed by atoms with Crippen molar-refractivity contribution in [3.63, 3.8) is 0 Å². The lowest BCUT2D eigenvalue weighted by Gasteiger charge is -2.41. The van der Waals surface area contributed by atoms with E-state index in [1.165, 1.54) is 18.3 Å². The van der Waals surface area contributed by atoms with E-state index in [0.29, 0.717) is 48.2 Å². The topological polar surface area (TPSA) is 120 Å². The molecule has 4 rings (SSSR count). The molecule has 3 aromatic rings. The summed E-state index contributed by atoms with van der Waals surface area (Å²) in [7, 11) is 1.66. The van der Waals surface area contributed by atoms with E-state index in [9.17, 15) is 19.1 Å². The first-order valence-electron chi connectivity index (χ1n) is 12.5. The predicted molar refractivity (Wildman–Crippen MR) is 140 cm³/mol. The standard InChI is InChI=1S/C27H31ClFN5O4/c1-38-16-22-9-11-34(22)10-8-19(27(36)37)13-21(31-26(35)25-15-30-33-32-25)12-17-2-4-18(5-3-17)23-14-20(28)6-7-24(23)29/h2-7,14-15,19,21-22H,8-13,16H2,1H3,(H,31,35)(H,36,37)(H,30,32,33)/t19-,21-,22-/m1/s1. The van der Waals surface area contributed by atoms with Crippen molar-refractivity contribution in [2.24, 2.45) is 5.92 Å². The summed E-state index contributed by atoms with van der Waals surface area (Å²) < 4.78 is 19.5. The van der Waals surface area contributed by atoms with Crippen molar-refractivity contribution < 1.29 is 23.8 Å². The van der Waals surface area contributed by atoms with Crippen molar-refractivity contribution in [1.29, 1.82) is 0 Å². The fourth-order valence-corrected chi connectivity index (χ4v) is 4.94. The first-order valence-corrected chi connectivity index (χ1v) is 12.9. The quantitative estimate of drug-likeness (QED) is 0.300. The SMILES string of the molecule is COC[C@H]1CCN1CC[C@H](C[C@@H](Cc1ccc(-c2cc(Cl)ccc2F)cc1)NC(=O)c1cn[nH]n1)C(=O)O. The van der Waals surface area contributed by atoms with Crippen molar-refractivity contribution in [3.8, 4) is 11.1 Å². The smallest absolute Gasteiger partial charge is 0.306 e. The molecule has 3 atom stereocenters. The highest BCUT2D eigenvalue weighted by atomic mass is 35.5. The van der Waals surface area contributed by atoms with Crippen LogP contribution in [0.1, 0.15) is 35.3 Å². The summed E-state index contributed by atoms with van der Waals surface area (Å²) in [5.74, 6) is -2.37. The number of H-pyrrole nitrogens is 1. The van der Waals surface area contributed by atoms with Crippen LogP contribution in [0.2, 0.25) is 5.02 Å². The number of hydrogen-bond donors (Lipinski definition) is 3. The predicted octanol–water partition coefficient (Wildman–Crippen LogP) is 3.81. The van der Waals surface area contributed by atoms with Crippen molar-refractivity contribution in [2.45, 2.75) is 37.8 Å². The van der Waals surface area contributed by atoms with Gasteiger partial charge in [0.1, 0.15) is 5.82 Å². The van der Waals surface area contributed by atoms with E-state index in [0.717, 1.165) is 18.5 Å². The number of methoxy groups -OCH3 is 1. The number of aromatic nitrogens is 3. The Morgan fingerprint density at radius 3 is 2.71 bits per heavy atom. The molecule has 1 saturated heterocycles. The third-order valence-corrected chi connectivity index (χ3v) is 7.20. The second-order valence-corrected chi connectivity index (χ2v) is 9.98. The summed E-state index contributed by atoms with van der Waals surface area (Å²) in [6.45, 7) is 2.20. The first-order chi connectivity index (χ1) is 18.3. The third kappa shape index (κ3) is 7.15. The van der Waals surface area contributed by atoms with E-state index in [4.69, 9.17) is 16.3 Å². The molecule has 0 aliphatic carbocycles. The number of carboxylic acid groups (broad SMARTS) is 1. The monoisotopic (exact) mass is 543 g/mol. The van der Waals surface area contributed by atoms with Crippen LogP contribution in [-0.4, -0.2) is 76.2 Å². The van der Waals surface area contributed by atoms with Crippen LogP contribution in [0, 0.1) is 11.7 Å². The van der Waals surface area contributed by atoms with Gasteiger partial charge >= 0.3 is 5.97 Å². The molecule has 0 radical (unpaired) electrons. The molecular weight excluding hydrogens is 513 g/mol. The lowest BCUT2D eigenvalue weighted by molar-refractivity contribution is -0.142. The Kier molecular flexibility index (Phi) is 9.43. The maximum Gasteiger partial charge on any atom is 0.306 e. The second-order valence-electron chi connectivity index (χ2n) is 9.54. The molecule has 1 amide bonds. The zero-order valence-corrected chi connectivity index (χ0v) is 21.8. The van der Waals surface area contributed by atoms with Crippen LogP contribution in [0.15, 0.2) is 48.7 Å². The normalized spacial score (nSPS) is 17.0. The number of benzene rings is 2. The summed E-state index contributed by atoms with van der Waals surface area (Å²) in [5, 5.41) is 23.2. The summed E-state index contributed by atoms with van der Waals surface area (Å²) in [6.07, 6.45) is 3.44. The summed E-state index contributed by atoms with van der Waals surface area (Å²) in [6, 6.07) is 11.5. The van der Waals surface area contributed by atoms with Crippen LogP contribution in [0.5, 0.6) is 0 Å². The number of halogens is 2. The second kappa shape index (κ2) is 12.9. The molecule has 0 spiro atoms. The molecule has 1 fully saturated rings. The molecule has 0 bridgehead atoms. The Bertz CT molecular complexity index is 1220. The number of nitrogens with one attached hydrogen (secondary N) is 2. The number of likely N-dealkylation sites (tertiary alicyclic amines) is 1. The molecule has 9 nitrogen and oxygen atoms in total. The number of nitrogens with zero attached hydrogens (tertiary/aromatic N) is 3. The average molecular weight is 544 g/mol. The van der Waals surface area contributed by atoms with Crippen LogP contribution in [0.3, 0.4) is 0 Å². The van der Waals surface area contributed by atoms with Crippen LogP contribution in [0.25, 0.3) is 11.1 Å². The van der Waals surface area contributed by atoms with E-state index < -0.39 is 23.8 Å². The molecule has 38 heavy (non-hydrogen) atoms. The van der Waals surface area contributed by atoms with Gasteiger partial charge in [-0.2, -0.15) is 15.4 Å². The zero-order chi connectivity index (χ0) is 27.1. The lowest BCUT2D eigenvalue weighted by atomic mass is 9.91. The van der Waals surface area contributed by atoms with Gasteiger partial charge in [-0.25, -0.2) is 4.39 Å². The van der Waals surface area contributed by atoms with Gasteiger partial charge in [0.05, 0.1) is 18.7 Å². The Balaban J connectivity index is 1.47. The van der Waals surface area contributed by atoms with E-state index >= 15 is 0 Å².